The minimum atomic E-state index is -1.66. The van der Waals surface area contributed by atoms with Crippen molar-refractivity contribution >= 4 is 52.4 Å². The van der Waals surface area contributed by atoms with Gasteiger partial charge in [-0.25, -0.2) is 4.79 Å². The summed E-state index contributed by atoms with van der Waals surface area (Å²) in [5.41, 5.74) is 0.755. The smallest absolute Gasteiger partial charge is 0.337 e. The average molecular weight is 274 g/mol. The number of cyclic esters (lactones) is 1. The molecular formula is C8H4Cl4O2. The molecule has 0 amide bonds. The van der Waals surface area contributed by atoms with Crippen LogP contribution in [0.5, 0.6) is 0 Å². The van der Waals surface area contributed by atoms with Gasteiger partial charge in [-0.3, -0.25) is 0 Å². The van der Waals surface area contributed by atoms with Crippen LogP contribution < -0.4 is 0 Å². The molecule has 1 aliphatic carbocycles. The lowest BCUT2D eigenvalue weighted by Crippen LogP contribution is -2.40. The maximum atomic E-state index is 11.3. The molecule has 0 aromatic carbocycles. The standard InChI is InChI=1S/C8H4Cl4O2/c9-7(10)2-1-4-3-14-6(13)5(4)8(7,11)12/h1-2H,3H2. The highest BCUT2D eigenvalue weighted by Crippen LogP contribution is 2.53. The minimum absolute atomic E-state index is 0.133. The third-order valence-corrected chi connectivity index (χ3v) is 4.29. The molecule has 2 rings (SSSR count). The van der Waals surface area contributed by atoms with E-state index in [4.69, 9.17) is 51.1 Å². The van der Waals surface area contributed by atoms with Crippen LogP contribution >= 0.6 is 46.4 Å². The minimum Gasteiger partial charge on any atom is -0.457 e. The van der Waals surface area contributed by atoms with Gasteiger partial charge in [-0.2, -0.15) is 0 Å². The van der Waals surface area contributed by atoms with Crippen molar-refractivity contribution in [3.63, 3.8) is 0 Å². The summed E-state index contributed by atoms with van der Waals surface area (Å²) in [4.78, 5) is 11.3. The number of hydrogen-bond donors (Lipinski definition) is 0. The van der Waals surface area contributed by atoms with Crippen molar-refractivity contribution in [1.29, 1.82) is 0 Å². The Hall–Kier alpha value is 0.110. The van der Waals surface area contributed by atoms with Crippen molar-refractivity contribution in [3.8, 4) is 0 Å². The van der Waals surface area contributed by atoms with Gasteiger partial charge >= 0.3 is 5.97 Å². The second kappa shape index (κ2) is 3.05. The Balaban J connectivity index is 2.57. The third-order valence-electron chi connectivity index (χ3n) is 2.11. The quantitative estimate of drug-likeness (QED) is 0.501. The largest absolute Gasteiger partial charge is 0.457 e. The van der Waals surface area contributed by atoms with Crippen LogP contribution in [0.15, 0.2) is 23.3 Å². The topological polar surface area (TPSA) is 26.3 Å². The number of halogens is 4. The van der Waals surface area contributed by atoms with Gasteiger partial charge in [0.2, 0.25) is 0 Å². The number of carbonyl (C=O) groups excluding carboxylic acids is 1. The normalized spacial score (nSPS) is 27.6. The molecule has 76 valence electrons. The van der Waals surface area contributed by atoms with Crippen LogP contribution in [0.25, 0.3) is 0 Å². The molecule has 14 heavy (non-hydrogen) atoms. The molecule has 0 aromatic rings. The van der Waals surface area contributed by atoms with E-state index in [-0.39, 0.29) is 12.2 Å². The zero-order valence-corrected chi connectivity index (χ0v) is 9.71. The molecule has 0 saturated carbocycles. The lowest BCUT2D eigenvalue weighted by Gasteiger charge is -2.32. The molecule has 2 nitrogen and oxygen atoms in total. The summed E-state index contributed by atoms with van der Waals surface area (Å²) in [7, 11) is 0. The van der Waals surface area contributed by atoms with Gasteiger partial charge in [0.1, 0.15) is 6.61 Å². The van der Waals surface area contributed by atoms with Gasteiger partial charge in [-0.15, -0.1) is 0 Å². The molecular weight excluding hydrogens is 270 g/mol. The lowest BCUT2D eigenvalue weighted by molar-refractivity contribution is -0.136. The van der Waals surface area contributed by atoms with Gasteiger partial charge in [0.05, 0.1) is 5.57 Å². The number of alkyl halides is 4. The fraction of sp³-hybridized carbons (Fsp3) is 0.375. The first-order valence-electron chi connectivity index (χ1n) is 3.72. The Labute approximate surface area is 100 Å². The summed E-state index contributed by atoms with van der Waals surface area (Å²) in [6.45, 7) is 0.162. The van der Waals surface area contributed by atoms with E-state index in [0.29, 0.717) is 5.57 Å². The number of ether oxygens (including phenoxy) is 1. The zero-order valence-electron chi connectivity index (χ0n) is 6.69. The molecule has 0 saturated heterocycles. The highest BCUT2D eigenvalue weighted by molar-refractivity contribution is 6.66. The molecule has 6 heteroatoms. The monoisotopic (exact) mass is 272 g/mol. The molecule has 1 aliphatic heterocycles. The van der Waals surface area contributed by atoms with E-state index in [1.165, 1.54) is 6.08 Å². The maximum Gasteiger partial charge on any atom is 0.337 e. The van der Waals surface area contributed by atoms with E-state index in [9.17, 15) is 4.79 Å². The molecule has 0 spiro atoms. The molecule has 1 heterocycles. The molecule has 0 N–H and O–H groups in total. The SMILES string of the molecule is O=C1OCC2=C1C(Cl)(Cl)C(Cl)(Cl)C=C2. The second-order valence-electron chi connectivity index (χ2n) is 3.01. The van der Waals surface area contributed by atoms with Crippen molar-refractivity contribution < 1.29 is 9.53 Å². The van der Waals surface area contributed by atoms with Crippen LogP contribution in [0, 0.1) is 0 Å². The van der Waals surface area contributed by atoms with E-state index >= 15 is 0 Å². The van der Waals surface area contributed by atoms with Crippen molar-refractivity contribution in [2.45, 2.75) is 8.67 Å². The van der Waals surface area contributed by atoms with E-state index in [0.717, 1.165) is 0 Å². The summed E-state index contributed by atoms with van der Waals surface area (Å²) in [5.74, 6) is -0.569. The molecule has 0 radical (unpaired) electrons. The van der Waals surface area contributed by atoms with Crippen molar-refractivity contribution in [1.82, 2.24) is 0 Å². The fourth-order valence-electron chi connectivity index (χ4n) is 1.36. The first-order valence-corrected chi connectivity index (χ1v) is 5.23. The number of hydrogen-bond acceptors (Lipinski definition) is 2. The van der Waals surface area contributed by atoms with Gasteiger partial charge in [-0.05, 0) is 6.08 Å². The maximum absolute atomic E-state index is 11.3. The van der Waals surface area contributed by atoms with Gasteiger partial charge in [0, 0.05) is 5.57 Å². The summed E-state index contributed by atoms with van der Waals surface area (Å²) in [6.07, 6.45) is 3.04. The van der Waals surface area contributed by atoms with E-state index in [1.807, 2.05) is 0 Å². The van der Waals surface area contributed by atoms with Crippen LogP contribution in [0.2, 0.25) is 0 Å². The summed E-state index contributed by atoms with van der Waals surface area (Å²) < 4.78 is 1.60. The number of rotatable bonds is 0. The number of carbonyl (C=O) groups is 1. The molecule has 0 unspecified atom stereocenters. The van der Waals surface area contributed by atoms with Gasteiger partial charge in [-0.1, -0.05) is 52.5 Å². The van der Waals surface area contributed by atoms with Crippen molar-refractivity contribution in [2.24, 2.45) is 0 Å². The van der Waals surface area contributed by atoms with E-state index < -0.39 is 14.6 Å². The predicted molar refractivity (Wildman–Crippen MR) is 56.0 cm³/mol. The molecule has 0 fully saturated rings. The van der Waals surface area contributed by atoms with Crippen LogP contribution in [-0.4, -0.2) is 21.2 Å². The Bertz CT molecular complexity index is 368. The summed E-state index contributed by atoms with van der Waals surface area (Å²) >= 11 is 23.6. The van der Waals surface area contributed by atoms with Crippen LogP contribution in [-0.2, 0) is 9.53 Å². The first kappa shape index (κ1) is 10.6. The fourth-order valence-corrected chi connectivity index (χ4v) is 2.19. The van der Waals surface area contributed by atoms with Gasteiger partial charge in [0.15, 0.2) is 8.67 Å². The van der Waals surface area contributed by atoms with Crippen molar-refractivity contribution in [3.05, 3.63) is 23.3 Å². The average Bonchev–Trinajstić information content (AvgIpc) is 2.42. The highest BCUT2D eigenvalue weighted by Gasteiger charge is 2.55. The van der Waals surface area contributed by atoms with Gasteiger partial charge in [0.25, 0.3) is 0 Å². The Morgan fingerprint density at radius 2 is 1.93 bits per heavy atom. The highest BCUT2D eigenvalue weighted by atomic mass is 35.5. The predicted octanol–water partition coefficient (Wildman–Crippen LogP) is 2.76. The van der Waals surface area contributed by atoms with Crippen molar-refractivity contribution in [2.75, 3.05) is 6.61 Å². The molecule has 2 aliphatic rings. The molecule has 0 atom stereocenters. The lowest BCUT2D eigenvalue weighted by atomic mass is 9.98. The van der Waals surface area contributed by atoms with Crippen LogP contribution in [0.3, 0.4) is 0 Å². The number of allylic oxidation sites excluding steroid dienone is 1. The van der Waals surface area contributed by atoms with Crippen LogP contribution in [0.4, 0.5) is 0 Å². The van der Waals surface area contributed by atoms with Crippen LogP contribution in [0.1, 0.15) is 0 Å². The zero-order chi connectivity index (χ0) is 10.6. The summed E-state index contributed by atoms with van der Waals surface area (Å²) in [5, 5.41) is 0. The van der Waals surface area contributed by atoms with E-state index in [2.05, 4.69) is 0 Å². The first-order chi connectivity index (χ1) is 6.36. The Morgan fingerprint density at radius 1 is 1.29 bits per heavy atom. The molecule has 0 aromatic heterocycles. The summed E-state index contributed by atoms with van der Waals surface area (Å²) in [6, 6.07) is 0. The molecule has 0 bridgehead atoms. The van der Waals surface area contributed by atoms with E-state index in [1.54, 1.807) is 6.08 Å². The second-order valence-corrected chi connectivity index (χ2v) is 5.72. The Kier molecular flexibility index (Phi) is 2.31. The van der Waals surface area contributed by atoms with Gasteiger partial charge < -0.3 is 4.74 Å². The third kappa shape index (κ3) is 1.28. The number of esters is 1. The Morgan fingerprint density at radius 3 is 2.57 bits per heavy atom.